The van der Waals surface area contributed by atoms with E-state index in [0.717, 1.165) is 36.2 Å². The number of rotatable bonds is 11. The fraction of sp³-hybridized carbons (Fsp3) is 0.632. The minimum atomic E-state index is -3.70. The van der Waals surface area contributed by atoms with Gasteiger partial charge in [-0.05, 0) is 43.0 Å². The molecule has 0 saturated carbocycles. The Balaban J connectivity index is 2.96. The molecule has 0 fully saturated rings. The van der Waals surface area contributed by atoms with Crippen LogP contribution in [0, 0.1) is 11.7 Å². The van der Waals surface area contributed by atoms with E-state index in [1.807, 2.05) is 0 Å². The number of anilines is 1. The molecule has 0 radical (unpaired) electrons. The van der Waals surface area contributed by atoms with Gasteiger partial charge in [-0.15, -0.1) is 0 Å². The molecule has 26 heavy (non-hydrogen) atoms. The quantitative estimate of drug-likeness (QED) is 0.630. The van der Waals surface area contributed by atoms with E-state index in [9.17, 15) is 17.6 Å². The smallest absolute Gasteiger partial charge is 0.243 e. The molecule has 1 rings (SSSR count). The van der Waals surface area contributed by atoms with Gasteiger partial charge in [0.2, 0.25) is 15.9 Å². The van der Waals surface area contributed by atoms with Gasteiger partial charge in [-0.3, -0.25) is 9.10 Å². The van der Waals surface area contributed by atoms with Crippen LogP contribution >= 0.6 is 0 Å². The predicted octanol–water partition coefficient (Wildman–Crippen LogP) is 3.70. The number of carbonyl (C=O) groups excluding carboxylic acids is 1. The SMILES string of the molecule is CCCC[C@@H](CC)CNC(=O)[C@@H](CC)N(c1ccc(F)cc1)S(C)(=O)=O. The van der Waals surface area contributed by atoms with Crippen LogP contribution in [0.2, 0.25) is 0 Å². The summed E-state index contributed by atoms with van der Waals surface area (Å²) in [6.45, 7) is 6.52. The average Bonchev–Trinajstić information content (AvgIpc) is 2.59. The van der Waals surface area contributed by atoms with Crippen molar-refractivity contribution in [3.8, 4) is 0 Å². The third-order valence-electron chi connectivity index (χ3n) is 4.52. The molecule has 5 nitrogen and oxygen atoms in total. The third kappa shape index (κ3) is 6.59. The number of hydrogen-bond donors (Lipinski definition) is 1. The molecule has 0 saturated heterocycles. The van der Waals surface area contributed by atoms with E-state index in [1.54, 1.807) is 6.92 Å². The summed E-state index contributed by atoms with van der Waals surface area (Å²) in [5.41, 5.74) is 0.286. The fourth-order valence-electron chi connectivity index (χ4n) is 2.95. The summed E-state index contributed by atoms with van der Waals surface area (Å²) in [6, 6.07) is 4.27. The summed E-state index contributed by atoms with van der Waals surface area (Å²) >= 11 is 0. The van der Waals surface area contributed by atoms with Crippen LogP contribution in [0.5, 0.6) is 0 Å². The number of unbranched alkanes of at least 4 members (excludes halogenated alkanes) is 1. The highest BCUT2D eigenvalue weighted by Gasteiger charge is 2.31. The number of halogens is 1. The van der Waals surface area contributed by atoms with Crippen LogP contribution in [0.25, 0.3) is 0 Å². The van der Waals surface area contributed by atoms with E-state index in [1.165, 1.54) is 24.3 Å². The molecule has 0 aliphatic carbocycles. The monoisotopic (exact) mass is 386 g/mol. The van der Waals surface area contributed by atoms with Gasteiger partial charge in [-0.25, -0.2) is 12.8 Å². The number of amides is 1. The number of benzene rings is 1. The molecule has 1 aromatic rings. The van der Waals surface area contributed by atoms with Crippen molar-refractivity contribution in [1.29, 1.82) is 0 Å². The summed E-state index contributed by atoms with van der Waals surface area (Å²) in [4.78, 5) is 12.7. The molecule has 2 atom stereocenters. The summed E-state index contributed by atoms with van der Waals surface area (Å²) in [5, 5.41) is 2.91. The fourth-order valence-corrected chi connectivity index (χ4v) is 4.17. The van der Waals surface area contributed by atoms with Gasteiger partial charge in [0.05, 0.1) is 11.9 Å². The van der Waals surface area contributed by atoms with E-state index in [-0.39, 0.29) is 11.6 Å². The first kappa shape index (κ1) is 22.4. The number of hydrogen-bond acceptors (Lipinski definition) is 3. The lowest BCUT2D eigenvalue weighted by Gasteiger charge is -2.30. The van der Waals surface area contributed by atoms with Gasteiger partial charge in [-0.2, -0.15) is 0 Å². The first-order valence-corrected chi connectivity index (χ1v) is 11.1. The van der Waals surface area contributed by atoms with Gasteiger partial charge in [0.25, 0.3) is 0 Å². The van der Waals surface area contributed by atoms with Crippen molar-refractivity contribution in [2.24, 2.45) is 5.92 Å². The van der Waals surface area contributed by atoms with Crippen LogP contribution < -0.4 is 9.62 Å². The molecule has 0 aliphatic rings. The summed E-state index contributed by atoms with van der Waals surface area (Å²) in [7, 11) is -3.70. The number of nitrogens with zero attached hydrogens (tertiary/aromatic N) is 1. The van der Waals surface area contributed by atoms with Crippen molar-refractivity contribution in [1.82, 2.24) is 5.32 Å². The standard InChI is InChI=1S/C19H31FN2O3S/c1-5-8-9-15(6-2)14-21-19(23)18(7-3)22(26(4,24)25)17-12-10-16(20)11-13-17/h10-13,15,18H,5-9,14H2,1-4H3,(H,21,23)/t15-,18-/m1/s1. The van der Waals surface area contributed by atoms with Crippen molar-refractivity contribution >= 4 is 21.6 Å². The Morgan fingerprint density at radius 3 is 2.23 bits per heavy atom. The van der Waals surface area contributed by atoms with E-state index in [4.69, 9.17) is 0 Å². The lowest BCUT2D eigenvalue weighted by atomic mass is 9.99. The van der Waals surface area contributed by atoms with Crippen LogP contribution in [0.4, 0.5) is 10.1 Å². The maximum absolute atomic E-state index is 13.2. The Labute approximate surface area is 157 Å². The lowest BCUT2D eigenvalue weighted by Crippen LogP contribution is -2.50. The Morgan fingerprint density at radius 1 is 1.15 bits per heavy atom. The zero-order valence-corrected chi connectivity index (χ0v) is 17.0. The average molecular weight is 387 g/mol. The first-order chi connectivity index (χ1) is 12.2. The highest BCUT2D eigenvalue weighted by Crippen LogP contribution is 2.23. The minimum Gasteiger partial charge on any atom is -0.354 e. The molecule has 0 aliphatic heterocycles. The van der Waals surface area contributed by atoms with Crippen LogP contribution in [0.1, 0.15) is 52.9 Å². The Hall–Kier alpha value is -1.63. The van der Waals surface area contributed by atoms with E-state index in [0.29, 0.717) is 18.9 Å². The van der Waals surface area contributed by atoms with Gasteiger partial charge in [-0.1, -0.05) is 40.0 Å². The van der Waals surface area contributed by atoms with Crippen molar-refractivity contribution in [3.05, 3.63) is 30.1 Å². The molecule has 148 valence electrons. The maximum Gasteiger partial charge on any atom is 0.243 e. The maximum atomic E-state index is 13.2. The number of nitrogens with one attached hydrogen (secondary N) is 1. The van der Waals surface area contributed by atoms with Gasteiger partial charge in [0.15, 0.2) is 0 Å². The van der Waals surface area contributed by atoms with Crippen molar-refractivity contribution in [2.45, 2.75) is 58.9 Å². The van der Waals surface area contributed by atoms with Crippen molar-refractivity contribution in [3.63, 3.8) is 0 Å². The number of sulfonamides is 1. The second-order valence-corrected chi connectivity index (χ2v) is 8.48. The Morgan fingerprint density at radius 2 is 1.77 bits per heavy atom. The lowest BCUT2D eigenvalue weighted by molar-refractivity contribution is -0.122. The Kier molecular flexibility index (Phi) is 9.05. The van der Waals surface area contributed by atoms with Crippen molar-refractivity contribution in [2.75, 3.05) is 17.1 Å². The zero-order valence-electron chi connectivity index (χ0n) is 16.2. The van der Waals surface area contributed by atoms with Crippen LogP contribution in [-0.2, 0) is 14.8 Å². The number of carbonyl (C=O) groups is 1. The van der Waals surface area contributed by atoms with Gasteiger partial charge in [0, 0.05) is 6.54 Å². The summed E-state index contributed by atoms with van der Waals surface area (Å²) < 4.78 is 38.9. The van der Waals surface area contributed by atoms with Crippen LogP contribution in [-0.4, -0.2) is 33.2 Å². The topological polar surface area (TPSA) is 66.5 Å². The molecule has 1 amide bonds. The van der Waals surface area contributed by atoms with Gasteiger partial charge < -0.3 is 5.32 Å². The van der Waals surface area contributed by atoms with Crippen LogP contribution in [0.15, 0.2) is 24.3 Å². The molecular weight excluding hydrogens is 355 g/mol. The Bertz CT molecular complexity index is 662. The molecule has 1 aromatic carbocycles. The van der Waals surface area contributed by atoms with Crippen LogP contribution in [0.3, 0.4) is 0 Å². The normalized spacial score (nSPS) is 13.9. The molecular formula is C19H31FN2O3S. The largest absolute Gasteiger partial charge is 0.354 e. The van der Waals surface area contributed by atoms with E-state index >= 15 is 0 Å². The zero-order chi connectivity index (χ0) is 19.7. The summed E-state index contributed by atoms with van der Waals surface area (Å²) in [6.07, 6.45) is 5.60. The van der Waals surface area contributed by atoms with Gasteiger partial charge >= 0.3 is 0 Å². The second kappa shape index (κ2) is 10.5. The third-order valence-corrected chi connectivity index (χ3v) is 5.70. The van der Waals surface area contributed by atoms with E-state index in [2.05, 4.69) is 19.2 Å². The molecule has 0 heterocycles. The minimum absolute atomic E-state index is 0.286. The second-order valence-electron chi connectivity index (χ2n) is 6.62. The summed E-state index contributed by atoms with van der Waals surface area (Å²) in [5.74, 6) is -0.396. The van der Waals surface area contributed by atoms with Crippen molar-refractivity contribution < 1.29 is 17.6 Å². The molecule has 1 N–H and O–H groups in total. The molecule has 0 aromatic heterocycles. The van der Waals surface area contributed by atoms with E-state index < -0.39 is 21.9 Å². The predicted molar refractivity (Wildman–Crippen MR) is 104 cm³/mol. The van der Waals surface area contributed by atoms with Gasteiger partial charge in [0.1, 0.15) is 11.9 Å². The first-order valence-electron chi connectivity index (χ1n) is 9.27. The molecule has 0 spiro atoms. The highest BCUT2D eigenvalue weighted by atomic mass is 32.2. The molecule has 0 bridgehead atoms. The molecule has 7 heteroatoms. The molecule has 0 unspecified atom stereocenters. The highest BCUT2D eigenvalue weighted by molar-refractivity contribution is 7.92.